The van der Waals surface area contributed by atoms with Gasteiger partial charge < -0.3 is 4.74 Å². The zero-order valence-corrected chi connectivity index (χ0v) is 10.1. The van der Waals surface area contributed by atoms with Crippen molar-refractivity contribution in [2.24, 2.45) is 0 Å². The number of nitrogens with zero attached hydrogens (tertiary/aromatic N) is 2. The first-order chi connectivity index (χ1) is 8.61. The lowest BCUT2D eigenvalue weighted by Gasteiger charge is -2.04. The minimum Gasteiger partial charge on any atom is -0.465 e. The van der Waals surface area contributed by atoms with Gasteiger partial charge in [0.2, 0.25) is 5.28 Å². The van der Waals surface area contributed by atoms with Crippen molar-refractivity contribution in [2.45, 2.75) is 0 Å². The third kappa shape index (κ3) is 2.46. The molecule has 0 fully saturated rings. The quantitative estimate of drug-likeness (QED) is 0.619. The van der Waals surface area contributed by atoms with Crippen LogP contribution in [0.25, 0.3) is 11.3 Å². The maximum absolute atomic E-state index is 13.9. The summed E-state index contributed by atoms with van der Waals surface area (Å²) in [6.45, 7) is 0. The SMILES string of the molecule is COC(=O)c1ccc(-c2ccnc(Cl)n2)c(F)c1. The Morgan fingerprint density at radius 2 is 2.17 bits per heavy atom. The van der Waals surface area contributed by atoms with Crippen molar-refractivity contribution in [1.82, 2.24) is 9.97 Å². The number of esters is 1. The van der Waals surface area contributed by atoms with E-state index < -0.39 is 11.8 Å². The van der Waals surface area contributed by atoms with Crippen molar-refractivity contribution in [3.8, 4) is 11.3 Å². The molecule has 6 heteroatoms. The molecule has 0 amide bonds. The van der Waals surface area contributed by atoms with Gasteiger partial charge in [-0.2, -0.15) is 0 Å². The van der Waals surface area contributed by atoms with Gasteiger partial charge in [0.25, 0.3) is 0 Å². The highest BCUT2D eigenvalue weighted by molar-refractivity contribution is 6.28. The van der Waals surface area contributed by atoms with Crippen LogP contribution in [0.3, 0.4) is 0 Å². The first-order valence-corrected chi connectivity index (χ1v) is 5.36. The lowest BCUT2D eigenvalue weighted by atomic mass is 10.1. The highest BCUT2D eigenvalue weighted by Crippen LogP contribution is 2.22. The van der Waals surface area contributed by atoms with Crippen LogP contribution in [0.15, 0.2) is 30.5 Å². The van der Waals surface area contributed by atoms with Crippen LogP contribution in [0.2, 0.25) is 5.28 Å². The molecular formula is C12H8ClFN2O2. The van der Waals surface area contributed by atoms with E-state index in [0.29, 0.717) is 5.69 Å². The Balaban J connectivity index is 2.45. The molecule has 1 aromatic heterocycles. The van der Waals surface area contributed by atoms with E-state index >= 15 is 0 Å². The normalized spacial score (nSPS) is 10.2. The van der Waals surface area contributed by atoms with Crippen LogP contribution in [0.5, 0.6) is 0 Å². The third-order valence-electron chi connectivity index (χ3n) is 2.29. The van der Waals surface area contributed by atoms with E-state index in [1.807, 2.05) is 0 Å². The van der Waals surface area contributed by atoms with Crippen LogP contribution < -0.4 is 0 Å². The van der Waals surface area contributed by atoms with Crippen LogP contribution in [0, 0.1) is 5.82 Å². The first-order valence-electron chi connectivity index (χ1n) is 4.98. The fourth-order valence-electron chi connectivity index (χ4n) is 1.45. The molecule has 4 nitrogen and oxygen atoms in total. The van der Waals surface area contributed by atoms with Crippen molar-refractivity contribution in [3.05, 3.63) is 47.1 Å². The Kier molecular flexibility index (Phi) is 3.53. The summed E-state index contributed by atoms with van der Waals surface area (Å²) in [6.07, 6.45) is 1.43. The molecule has 0 saturated carbocycles. The zero-order chi connectivity index (χ0) is 13.1. The minimum atomic E-state index is -0.596. The standard InChI is InChI=1S/C12H8ClFN2O2/c1-18-11(17)7-2-3-8(9(14)6-7)10-4-5-15-12(13)16-10/h2-6H,1H3. The maximum atomic E-state index is 13.9. The Bertz CT molecular complexity index is 604. The van der Waals surface area contributed by atoms with Gasteiger partial charge in [-0.15, -0.1) is 0 Å². The molecule has 0 atom stereocenters. The monoisotopic (exact) mass is 266 g/mol. The molecule has 0 N–H and O–H groups in total. The molecule has 0 saturated heterocycles. The van der Waals surface area contributed by atoms with Gasteiger partial charge in [0.15, 0.2) is 0 Å². The molecule has 2 aromatic rings. The van der Waals surface area contributed by atoms with E-state index in [-0.39, 0.29) is 16.4 Å². The number of halogens is 2. The molecule has 0 aliphatic carbocycles. The van der Waals surface area contributed by atoms with Gasteiger partial charge in [0, 0.05) is 11.8 Å². The fourth-order valence-corrected chi connectivity index (χ4v) is 1.60. The smallest absolute Gasteiger partial charge is 0.337 e. The zero-order valence-electron chi connectivity index (χ0n) is 9.35. The summed E-state index contributed by atoms with van der Waals surface area (Å²) in [6, 6.07) is 5.53. The number of rotatable bonds is 2. The van der Waals surface area contributed by atoms with Crippen molar-refractivity contribution in [1.29, 1.82) is 0 Å². The molecule has 1 aromatic carbocycles. The molecule has 1 heterocycles. The van der Waals surface area contributed by atoms with E-state index in [2.05, 4.69) is 14.7 Å². The summed E-state index contributed by atoms with van der Waals surface area (Å²) in [7, 11) is 1.23. The number of benzene rings is 1. The van der Waals surface area contributed by atoms with Crippen molar-refractivity contribution < 1.29 is 13.9 Å². The summed E-state index contributed by atoms with van der Waals surface area (Å²) in [4.78, 5) is 18.8. The molecule has 0 bridgehead atoms. The molecule has 0 aliphatic heterocycles. The lowest BCUT2D eigenvalue weighted by Crippen LogP contribution is -2.02. The molecule has 18 heavy (non-hydrogen) atoms. The number of hydrogen-bond acceptors (Lipinski definition) is 4. The van der Waals surface area contributed by atoms with Gasteiger partial charge in [-0.1, -0.05) is 0 Å². The number of ether oxygens (including phenoxy) is 1. The first kappa shape index (κ1) is 12.4. The van der Waals surface area contributed by atoms with Crippen molar-refractivity contribution in [3.63, 3.8) is 0 Å². The number of aromatic nitrogens is 2. The van der Waals surface area contributed by atoms with E-state index in [4.69, 9.17) is 11.6 Å². The topological polar surface area (TPSA) is 52.1 Å². The van der Waals surface area contributed by atoms with Crippen molar-refractivity contribution >= 4 is 17.6 Å². The van der Waals surface area contributed by atoms with Gasteiger partial charge in [-0.3, -0.25) is 0 Å². The van der Waals surface area contributed by atoms with Crippen LogP contribution >= 0.6 is 11.6 Å². The Hall–Kier alpha value is -2.01. The van der Waals surface area contributed by atoms with Crippen LogP contribution in [0.4, 0.5) is 4.39 Å². The van der Waals surface area contributed by atoms with E-state index in [1.165, 1.54) is 31.5 Å². The highest BCUT2D eigenvalue weighted by Gasteiger charge is 2.12. The van der Waals surface area contributed by atoms with E-state index in [9.17, 15) is 9.18 Å². The highest BCUT2D eigenvalue weighted by atomic mass is 35.5. The van der Waals surface area contributed by atoms with Crippen LogP contribution in [-0.2, 0) is 4.74 Å². The van der Waals surface area contributed by atoms with Crippen LogP contribution in [0.1, 0.15) is 10.4 Å². The second-order valence-corrected chi connectivity index (χ2v) is 3.74. The van der Waals surface area contributed by atoms with Crippen molar-refractivity contribution in [2.75, 3.05) is 7.11 Å². The van der Waals surface area contributed by atoms with Crippen LogP contribution in [-0.4, -0.2) is 23.0 Å². The van der Waals surface area contributed by atoms with Gasteiger partial charge in [-0.05, 0) is 35.9 Å². The molecule has 2 rings (SSSR count). The molecule has 0 unspecified atom stereocenters. The Morgan fingerprint density at radius 3 is 2.78 bits per heavy atom. The van der Waals surface area contributed by atoms with E-state index in [1.54, 1.807) is 0 Å². The van der Waals surface area contributed by atoms with Gasteiger partial charge in [-0.25, -0.2) is 19.2 Å². The summed E-state index contributed by atoms with van der Waals surface area (Å²) >= 11 is 5.63. The fraction of sp³-hybridized carbons (Fsp3) is 0.0833. The number of methoxy groups -OCH3 is 1. The molecule has 0 radical (unpaired) electrons. The number of carbonyl (C=O) groups is 1. The summed E-state index contributed by atoms with van der Waals surface area (Å²) in [5.41, 5.74) is 0.731. The van der Waals surface area contributed by atoms with Gasteiger partial charge in [0.05, 0.1) is 18.4 Å². The van der Waals surface area contributed by atoms with E-state index in [0.717, 1.165) is 6.07 Å². The van der Waals surface area contributed by atoms with Gasteiger partial charge in [0.1, 0.15) is 5.82 Å². The molecular weight excluding hydrogens is 259 g/mol. The second kappa shape index (κ2) is 5.10. The number of hydrogen-bond donors (Lipinski definition) is 0. The molecule has 0 aliphatic rings. The van der Waals surface area contributed by atoms with Gasteiger partial charge >= 0.3 is 5.97 Å². The predicted molar refractivity (Wildman–Crippen MR) is 63.8 cm³/mol. The summed E-state index contributed by atoms with van der Waals surface area (Å²) in [5.74, 6) is -1.17. The number of carbonyl (C=O) groups excluding carboxylic acids is 1. The Morgan fingerprint density at radius 1 is 1.39 bits per heavy atom. The average Bonchev–Trinajstić information content (AvgIpc) is 2.37. The molecule has 92 valence electrons. The molecule has 0 spiro atoms. The summed E-state index contributed by atoms with van der Waals surface area (Å²) in [5, 5.41) is 0.0314. The average molecular weight is 267 g/mol. The Labute approximate surface area is 107 Å². The largest absolute Gasteiger partial charge is 0.465 e. The minimum absolute atomic E-state index is 0.0314. The third-order valence-corrected chi connectivity index (χ3v) is 2.47. The predicted octanol–water partition coefficient (Wildman–Crippen LogP) is 2.72. The maximum Gasteiger partial charge on any atom is 0.337 e. The lowest BCUT2D eigenvalue weighted by molar-refractivity contribution is 0.0600. The second-order valence-electron chi connectivity index (χ2n) is 3.40. The summed E-state index contributed by atoms with van der Waals surface area (Å²) < 4.78 is 18.4.